The number of unbranched alkanes of at least 4 members (excludes halogenated alkanes) is 37. The molecule has 0 aliphatic carbocycles. The van der Waals surface area contributed by atoms with Crippen molar-refractivity contribution in [2.24, 2.45) is 23.7 Å². The Morgan fingerprint density at radius 3 is 0.755 bits per heavy atom. The summed E-state index contributed by atoms with van der Waals surface area (Å²) in [5.41, 5.74) is 0. The van der Waals surface area contributed by atoms with Gasteiger partial charge in [-0.05, 0) is 49.4 Å². The molecular formula is C75H146O17P2. The summed E-state index contributed by atoms with van der Waals surface area (Å²) in [4.78, 5) is 72.8. The zero-order valence-corrected chi connectivity index (χ0v) is 63.4. The molecule has 0 aliphatic heterocycles. The fraction of sp³-hybridized carbons (Fsp3) is 0.947. The Hall–Kier alpha value is -1.94. The van der Waals surface area contributed by atoms with Crippen LogP contribution in [-0.2, 0) is 65.4 Å². The third-order valence-electron chi connectivity index (χ3n) is 17.7. The van der Waals surface area contributed by atoms with Crippen molar-refractivity contribution in [1.82, 2.24) is 0 Å². The van der Waals surface area contributed by atoms with Gasteiger partial charge < -0.3 is 33.8 Å². The molecule has 0 aliphatic rings. The third kappa shape index (κ3) is 67.3. The number of hydrogen-bond donors (Lipinski definition) is 3. The fourth-order valence-electron chi connectivity index (χ4n) is 11.3. The van der Waals surface area contributed by atoms with E-state index in [1.807, 2.05) is 0 Å². The summed E-state index contributed by atoms with van der Waals surface area (Å²) in [5, 5.41) is 10.6. The number of phosphoric ester groups is 2. The van der Waals surface area contributed by atoms with Gasteiger partial charge in [0.2, 0.25) is 0 Å². The molecule has 6 atom stereocenters. The zero-order chi connectivity index (χ0) is 69.6. The summed E-state index contributed by atoms with van der Waals surface area (Å²) in [5.74, 6) is 0.915. The second kappa shape index (κ2) is 64.4. The normalized spacial score (nSPS) is 14.4. The number of aliphatic hydroxyl groups is 1. The molecule has 0 aromatic carbocycles. The van der Waals surface area contributed by atoms with Gasteiger partial charge in [0.15, 0.2) is 12.2 Å². The van der Waals surface area contributed by atoms with Gasteiger partial charge in [0.1, 0.15) is 19.3 Å². The Morgan fingerprint density at radius 1 is 0.298 bits per heavy atom. The van der Waals surface area contributed by atoms with Crippen molar-refractivity contribution in [3.8, 4) is 0 Å². The Morgan fingerprint density at radius 2 is 0.511 bits per heavy atom. The van der Waals surface area contributed by atoms with Crippen molar-refractivity contribution in [1.29, 1.82) is 0 Å². The van der Waals surface area contributed by atoms with Gasteiger partial charge in [-0.2, -0.15) is 0 Å². The molecule has 0 fully saturated rings. The highest BCUT2D eigenvalue weighted by Crippen LogP contribution is 2.45. The molecule has 0 aromatic heterocycles. The number of aliphatic hydroxyl groups excluding tert-OH is 1. The lowest BCUT2D eigenvalue weighted by Crippen LogP contribution is -2.30. The predicted octanol–water partition coefficient (Wildman–Crippen LogP) is 21.7. The van der Waals surface area contributed by atoms with E-state index in [0.717, 1.165) is 120 Å². The molecule has 94 heavy (non-hydrogen) atoms. The molecule has 558 valence electrons. The van der Waals surface area contributed by atoms with Crippen molar-refractivity contribution in [2.75, 3.05) is 39.6 Å². The largest absolute Gasteiger partial charge is 0.472 e. The maximum absolute atomic E-state index is 13.1. The number of ether oxygens (including phenoxy) is 4. The van der Waals surface area contributed by atoms with Gasteiger partial charge >= 0.3 is 39.5 Å². The van der Waals surface area contributed by atoms with Crippen LogP contribution in [0.4, 0.5) is 0 Å². The standard InChI is InChI=1S/C75H146O17P2/c1-9-68(8)54-46-38-33-34-40-48-56-73(78)86-62-71(92-75(80)57-49-41-31-23-19-15-11-10-13-17-21-27-35-43-51-65(2)3)64-90-94(83,84)88-60-69(76)59-87-93(81,82)89-63-70(61-85-72(77)55-47-39-30-26-25-29-37-45-53-67(6)7)91-74(79)58-50-42-32-24-20-16-12-14-18-22-28-36-44-52-66(4)5/h65-71,76H,9-64H2,1-8H3,(H,81,82)(H,83,84)/t68?,69-,70-,71-/m1/s1. The SMILES string of the molecule is CCC(C)CCCCCCCCC(=O)OC[C@H](COP(=O)(O)OC[C@H](O)COP(=O)(O)OC[C@@H](COC(=O)CCCCCCCCCCC(C)C)OC(=O)CCCCCCCCCCCCCCCC(C)C)OC(=O)CCCCCCCCCCCCCCCCC(C)C. The topological polar surface area (TPSA) is 237 Å². The smallest absolute Gasteiger partial charge is 0.462 e. The molecule has 0 saturated carbocycles. The van der Waals surface area contributed by atoms with Gasteiger partial charge in [-0.25, -0.2) is 9.13 Å². The number of phosphoric acid groups is 2. The highest BCUT2D eigenvalue weighted by Gasteiger charge is 2.30. The van der Waals surface area contributed by atoms with Crippen LogP contribution in [0.5, 0.6) is 0 Å². The van der Waals surface area contributed by atoms with Crippen molar-refractivity contribution >= 4 is 39.5 Å². The molecule has 17 nitrogen and oxygen atoms in total. The lowest BCUT2D eigenvalue weighted by Gasteiger charge is -2.21. The Bertz CT molecular complexity index is 1850. The fourth-order valence-corrected chi connectivity index (χ4v) is 12.9. The molecule has 0 radical (unpaired) electrons. The summed E-state index contributed by atoms with van der Waals surface area (Å²) in [6, 6.07) is 0. The van der Waals surface area contributed by atoms with E-state index in [1.165, 1.54) is 173 Å². The van der Waals surface area contributed by atoms with Crippen LogP contribution in [0.15, 0.2) is 0 Å². The average Bonchev–Trinajstić information content (AvgIpc) is 1.08. The van der Waals surface area contributed by atoms with Crippen molar-refractivity contribution in [2.45, 2.75) is 395 Å². The van der Waals surface area contributed by atoms with Gasteiger partial charge in [0.25, 0.3) is 0 Å². The van der Waals surface area contributed by atoms with Crippen molar-refractivity contribution < 1.29 is 80.2 Å². The summed E-state index contributed by atoms with van der Waals surface area (Å²) in [6.07, 6.45) is 48.6. The average molecular weight is 1380 g/mol. The van der Waals surface area contributed by atoms with Gasteiger partial charge in [0, 0.05) is 25.7 Å². The van der Waals surface area contributed by atoms with Crippen LogP contribution in [0.2, 0.25) is 0 Å². The van der Waals surface area contributed by atoms with E-state index >= 15 is 0 Å². The monoisotopic (exact) mass is 1380 g/mol. The first-order valence-electron chi connectivity index (χ1n) is 38.7. The van der Waals surface area contributed by atoms with E-state index in [9.17, 15) is 43.2 Å². The van der Waals surface area contributed by atoms with Crippen LogP contribution in [0, 0.1) is 23.7 Å². The quantitative estimate of drug-likeness (QED) is 0.0222. The molecule has 0 heterocycles. The number of rotatable bonds is 72. The maximum Gasteiger partial charge on any atom is 0.472 e. The summed E-state index contributed by atoms with van der Waals surface area (Å²) >= 11 is 0. The number of carbonyl (C=O) groups is 4. The van der Waals surface area contributed by atoms with Crippen LogP contribution in [0.25, 0.3) is 0 Å². The summed E-state index contributed by atoms with van der Waals surface area (Å²) in [7, 11) is -9.91. The summed E-state index contributed by atoms with van der Waals surface area (Å²) in [6.45, 7) is 14.2. The molecule has 0 spiro atoms. The van der Waals surface area contributed by atoms with Gasteiger partial charge in [-0.1, -0.05) is 325 Å². The molecule has 3 unspecified atom stereocenters. The highest BCUT2D eigenvalue weighted by molar-refractivity contribution is 7.47. The maximum atomic E-state index is 13.1. The first-order valence-corrected chi connectivity index (χ1v) is 41.7. The lowest BCUT2D eigenvalue weighted by molar-refractivity contribution is -0.161. The predicted molar refractivity (Wildman–Crippen MR) is 381 cm³/mol. The van der Waals surface area contributed by atoms with E-state index < -0.39 is 97.5 Å². The van der Waals surface area contributed by atoms with Crippen molar-refractivity contribution in [3.63, 3.8) is 0 Å². The van der Waals surface area contributed by atoms with E-state index in [4.69, 9.17) is 37.0 Å². The Kier molecular flexibility index (Phi) is 63.1. The minimum Gasteiger partial charge on any atom is -0.462 e. The van der Waals surface area contributed by atoms with Gasteiger partial charge in [-0.3, -0.25) is 37.3 Å². The van der Waals surface area contributed by atoms with Crippen LogP contribution < -0.4 is 0 Å². The molecular weight excluding hydrogens is 1230 g/mol. The van der Waals surface area contributed by atoms with Crippen LogP contribution in [0.3, 0.4) is 0 Å². The van der Waals surface area contributed by atoms with E-state index in [1.54, 1.807) is 0 Å². The van der Waals surface area contributed by atoms with E-state index in [2.05, 4.69) is 55.4 Å². The molecule has 0 bridgehead atoms. The molecule has 19 heteroatoms. The van der Waals surface area contributed by atoms with Crippen molar-refractivity contribution in [3.05, 3.63) is 0 Å². The Balaban J connectivity index is 5.24. The molecule has 0 saturated heterocycles. The summed E-state index contributed by atoms with van der Waals surface area (Å²) < 4.78 is 68.5. The zero-order valence-electron chi connectivity index (χ0n) is 61.6. The molecule has 0 aromatic rings. The van der Waals surface area contributed by atoms with Gasteiger partial charge in [-0.15, -0.1) is 0 Å². The minimum absolute atomic E-state index is 0.106. The van der Waals surface area contributed by atoms with Crippen LogP contribution in [0.1, 0.15) is 376 Å². The van der Waals surface area contributed by atoms with Crippen LogP contribution in [-0.4, -0.2) is 96.7 Å². The van der Waals surface area contributed by atoms with E-state index in [0.29, 0.717) is 25.7 Å². The number of esters is 4. The first kappa shape index (κ1) is 92.1. The third-order valence-corrected chi connectivity index (χ3v) is 19.6. The second-order valence-electron chi connectivity index (χ2n) is 28.7. The Labute approximate surface area is 575 Å². The molecule has 3 N–H and O–H groups in total. The van der Waals surface area contributed by atoms with Crippen LogP contribution >= 0.6 is 15.6 Å². The number of hydrogen-bond acceptors (Lipinski definition) is 15. The van der Waals surface area contributed by atoms with Gasteiger partial charge in [0.05, 0.1) is 26.4 Å². The molecule has 0 amide bonds. The second-order valence-corrected chi connectivity index (χ2v) is 31.6. The first-order chi connectivity index (χ1) is 45.1. The highest BCUT2D eigenvalue weighted by atomic mass is 31.2. The van der Waals surface area contributed by atoms with E-state index in [-0.39, 0.29) is 25.7 Å². The lowest BCUT2D eigenvalue weighted by atomic mass is 10.00. The minimum atomic E-state index is -4.96. The number of carbonyl (C=O) groups excluding carboxylic acids is 4. The molecule has 0 rings (SSSR count).